The molecule has 0 bridgehead atoms. The van der Waals surface area contributed by atoms with Crippen molar-refractivity contribution in [2.45, 2.75) is 44.6 Å². The highest BCUT2D eigenvalue weighted by atomic mass is 16.3. The number of hydrogen-bond acceptors (Lipinski definition) is 2. The maximum absolute atomic E-state index is 10.2. The van der Waals surface area contributed by atoms with Gasteiger partial charge in [-0.05, 0) is 36.5 Å². The standard InChI is InChI=1S/C13H19NO/c15-13(12-7-9-14-10-8-12)11-5-3-1-2-4-6-11/h7-11,13,15H,1-6H2. The fourth-order valence-electron chi connectivity index (χ4n) is 2.46. The molecule has 1 aromatic heterocycles. The van der Waals surface area contributed by atoms with E-state index in [1.807, 2.05) is 12.1 Å². The highest BCUT2D eigenvalue weighted by Gasteiger charge is 2.21. The molecule has 0 spiro atoms. The summed E-state index contributed by atoms with van der Waals surface area (Å²) >= 11 is 0. The monoisotopic (exact) mass is 205 g/mol. The molecule has 2 rings (SSSR count). The third-order valence-corrected chi connectivity index (χ3v) is 3.39. The second-order valence-electron chi connectivity index (χ2n) is 4.48. The predicted octanol–water partition coefficient (Wildman–Crippen LogP) is 3.09. The van der Waals surface area contributed by atoms with E-state index in [4.69, 9.17) is 0 Å². The lowest BCUT2D eigenvalue weighted by Gasteiger charge is -2.21. The summed E-state index contributed by atoms with van der Waals surface area (Å²) in [4.78, 5) is 3.98. The average molecular weight is 205 g/mol. The highest BCUT2D eigenvalue weighted by molar-refractivity contribution is 5.13. The van der Waals surface area contributed by atoms with Gasteiger partial charge < -0.3 is 5.11 Å². The first-order valence-electron chi connectivity index (χ1n) is 5.96. The van der Waals surface area contributed by atoms with Gasteiger partial charge in [0.2, 0.25) is 0 Å². The largest absolute Gasteiger partial charge is 0.388 e. The lowest BCUT2D eigenvalue weighted by Crippen LogP contribution is -2.11. The Hall–Kier alpha value is -0.890. The third-order valence-electron chi connectivity index (χ3n) is 3.39. The zero-order chi connectivity index (χ0) is 10.5. The molecule has 1 aromatic rings. The summed E-state index contributed by atoms with van der Waals surface area (Å²) in [5.74, 6) is 0.454. The normalized spacial score (nSPS) is 20.9. The van der Waals surface area contributed by atoms with E-state index in [0.717, 1.165) is 5.56 Å². The van der Waals surface area contributed by atoms with Gasteiger partial charge >= 0.3 is 0 Å². The summed E-state index contributed by atoms with van der Waals surface area (Å²) in [6.07, 6.45) is 10.8. The molecule has 0 radical (unpaired) electrons. The van der Waals surface area contributed by atoms with Crippen molar-refractivity contribution in [1.82, 2.24) is 4.98 Å². The van der Waals surface area contributed by atoms with Crippen molar-refractivity contribution in [2.75, 3.05) is 0 Å². The number of pyridine rings is 1. The van der Waals surface area contributed by atoms with Gasteiger partial charge in [-0.25, -0.2) is 0 Å². The van der Waals surface area contributed by atoms with Crippen LogP contribution in [0, 0.1) is 5.92 Å². The lowest BCUT2D eigenvalue weighted by molar-refractivity contribution is 0.0987. The Bertz CT molecular complexity index is 278. The molecular formula is C13H19NO. The van der Waals surface area contributed by atoms with Crippen molar-refractivity contribution in [3.05, 3.63) is 30.1 Å². The Morgan fingerprint density at radius 2 is 1.67 bits per heavy atom. The van der Waals surface area contributed by atoms with Gasteiger partial charge in [0.1, 0.15) is 0 Å². The quantitative estimate of drug-likeness (QED) is 0.753. The molecular weight excluding hydrogens is 186 g/mol. The average Bonchev–Trinajstić information content (AvgIpc) is 2.58. The SMILES string of the molecule is OC(c1ccncc1)C1CCCCCC1. The summed E-state index contributed by atoms with van der Waals surface area (Å²) in [7, 11) is 0. The van der Waals surface area contributed by atoms with E-state index in [1.165, 1.54) is 38.5 Å². The molecule has 1 saturated carbocycles. The molecule has 1 N–H and O–H groups in total. The summed E-state index contributed by atoms with van der Waals surface area (Å²) in [6.45, 7) is 0. The fourth-order valence-corrected chi connectivity index (χ4v) is 2.46. The number of aliphatic hydroxyl groups excluding tert-OH is 1. The van der Waals surface area contributed by atoms with Crippen molar-refractivity contribution in [1.29, 1.82) is 0 Å². The molecule has 1 aliphatic carbocycles. The van der Waals surface area contributed by atoms with Crippen LogP contribution in [0.2, 0.25) is 0 Å². The smallest absolute Gasteiger partial charge is 0.0819 e. The van der Waals surface area contributed by atoms with E-state index in [0.29, 0.717) is 5.92 Å². The van der Waals surface area contributed by atoms with Crippen molar-refractivity contribution < 1.29 is 5.11 Å². The zero-order valence-corrected chi connectivity index (χ0v) is 9.10. The number of nitrogens with zero attached hydrogens (tertiary/aromatic N) is 1. The highest BCUT2D eigenvalue weighted by Crippen LogP contribution is 2.32. The maximum atomic E-state index is 10.2. The van der Waals surface area contributed by atoms with E-state index in [1.54, 1.807) is 12.4 Å². The van der Waals surface area contributed by atoms with Crippen molar-refractivity contribution in [3.8, 4) is 0 Å². The van der Waals surface area contributed by atoms with Gasteiger partial charge in [0.25, 0.3) is 0 Å². The van der Waals surface area contributed by atoms with Crippen LogP contribution in [-0.2, 0) is 0 Å². The van der Waals surface area contributed by atoms with E-state index in [9.17, 15) is 5.11 Å². The van der Waals surface area contributed by atoms with E-state index in [2.05, 4.69) is 4.98 Å². The zero-order valence-electron chi connectivity index (χ0n) is 9.10. The maximum Gasteiger partial charge on any atom is 0.0819 e. The summed E-state index contributed by atoms with van der Waals surface area (Å²) in [6, 6.07) is 3.85. The van der Waals surface area contributed by atoms with Crippen LogP contribution in [0.15, 0.2) is 24.5 Å². The number of aromatic nitrogens is 1. The van der Waals surface area contributed by atoms with Crippen LogP contribution >= 0.6 is 0 Å². The Kier molecular flexibility index (Phi) is 3.73. The molecule has 1 unspecified atom stereocenters. The Balaban J connectivity index is 2.03. The molecule has 1 fully saturated rings. The van der Waals surface area contributed by atoms with Crippen LogP contribution < -0.4 is 0 Å². The van der Waals surface area contributed by atoms with Gasteiger partial charge in [0, 0.05) is 12.4 Å². The molecule has 0 aromatic carbocycles. The van der Waals surface area contributed by atoms with Crippen LogP contribution in [0.4, 0.5) is 0 Å². The Morgan fingerprint density at radius 1 is 1.07 bits per heavy atom. The topological polar surface area (TPSA) is 33.1 Å². The first kappa shape index (κ1) is 10.6. The summed E-state index contributed by atoms with van der Waals surface area (Å²) < 4.78 is 0. The van der Waals surface area contributed by atoms with Crippen molar-refractivity contribution in [3.63, 3.8) is 0 Å². The minimum atomic E-state index is -0.286. The van der Waals surface area contributed by atoms with E-state index < -0.39 is 0 Å². The van der Waals surface area contributed by atoms with Crippen molar-refractivity contribution >= 4 is 0 Å². The first-order valence-corrected chi connectivity index (χ1v) is 5.96. The molecule has 1 atom stereocenters. The van der Waals surface area contributed by atoms with Crippen LogP contribution in [0.5, 0.6) is 0 Å². The second kappa shape index (κ2) is 5.26. The van der Waals surface area contributed by atoms with Gasteiger partial charge in [0.05, 0.1) is 6.10 Å². The van der Waals surface area contributed by atoms with Crippen LogP contribution in [0.1, 0.15) is 50.2 Å². The molecule has 1 aliphatic rings. The number of hydrogen-bond donors (Lipinski definition) is 1. The van der Waals surface area contributed by atoms with E-state index in [-0.39, 0.29) is 6.10 Å². The Labute approximate surface area is 91.4 Å². The molecule has 0 aliphatic heterocycles. The molecule has 0 amide bonds. The fraction of sp³-hybridized carbons (Fsp3) is 0.615. The number of rotatable bonds is 2. The van der Waals surface area contributed by atoms with Crippen LogP contribution in [-0.4, -0.2) is 10.1 Å². The molecule has 2 heteroatoms. The summed E-state index contributed by atoms with van der Waals surface area (Å²) in [5, 5.41) is 10.2. The summed E-state index contributed by atoms with van der Waals surface area (Å²) in [5.41, 5.74) is 1.02. The molecule has 82 valence electrons. The van der Waals surface area contributed by atoms with E-state index >= 15 is 0 Å². The first-order chi connectivity index (χ1) is 7.38. The molecule has 15 heavy (non-hydrogen) atoms. The van der Waals surface area contributed by atoms with Gasteiger partial charge in [-0.3, -0.25) is 4.98 Å². The second-order valence-corrected chi connectivity index (χ2v) is 4.48. The minimum absolute atomic E-state index is 0.286. The van der Waals surface area contributed by atoms with Gasteiger partial charge in [-0.15, -0.1) is 0 Å². The van der Waals surface area contributed by atoms with Gasteiger partial charge in [-0.2, -0.15) is 0 Å². The lowest BCUT2D eigenvalue weighted by atomic mass is 9.90. The molecule has 2 nitrogen and oxygen atoms in total. The van der Waals surface area contributed by atoms with Crippen LogP contribution in [0.3, 0.4) is 0 Å². The number of aliphatic hydroxyl groups is 1. The predicted molar refractivity (Wildman–Crippen MR) is 60.4 cm³/mol. The van der Waals surface area contributed by atoms with Gasteiger partial charge in [-0.1, -0.05) is 25.7 Å². The Morgan fingerprint density at radius 3 is 2.27 bits per heavy atom. The molecule has 0 saturated heterocycles. The molecule has 1 heterocycles. The van der Waals surface area contributed by atoms with Crippen molar-refractivity contribution in [2.24, 2.45) is 5.92 Å². The minimum Gasteiger partial charge on any atom is -0.388 e. The van der Waals surface area contributed by atoms with Crippen LogP contribution in [0.25, 0.3) is 0 Å². The van der Waals surface area contributed by atoms with Gasteiger partial charge in [0.15, 0.2) is 0 Å². The third kappa shape index (κ3) is 2.78.